The van der Waals surface area contributed by atoms with E-state index >= 15 is 0 Å². The van der Waals surface area contributed by atoms with Crippen molar-refractivity contribution >= 4 is 21.9 Å². The van der Waals surface area contributed by atoms with Crippen molar-refractivity contribution in [3.63, 3.8) is 0 Å². The van der Waals surface area contributed by atoms with Crippen LogP contribution in [0.5, 0.6) is 11.6 Å². The summed E-state index contributed by atoms with van der Waals surface area (Å²) in [6, 6.07) is 15.0. The molecular weight excluding hydrogens is 533 g/mol. The Morgan fingerprint density at radius 1 is 0.950 bits per heavy atom. The van der Waals surface area contributed by atoms with Crippen LogP contribution >= 0.6 is 0 Å². The number of ether oxygens (including phenoxy) is 1. The summed E-state index contributed by atoms with van der Waals surface area (Å²) in [5.41, 5.74) is 0.0151. The number of para-hydroxylation sites is 2. The molecule has 200 valence electrons. The molecule has 0 radical (unpaired) electrons. The van der Waals surface area contributed by atoms with Gasteiger partial charge in [0.1, 0.15) is 28.8 Å². The van der Waals surface area contributed by atoms with Crippen LogP contribution < -0.4 is 10.3 Å². The van der Waals surface area contributed by atoms with Gasteiger partial charge in [0.25, 0.3) is 5.56 Å². The van der Waals surface area contributed by atoms with E-state index in [1.54, 1.807) is 24.3 Å². The maximum atomic E-state index is 14.2. The summed E-state index contributed by atoms with van der Waals surface area (Å²) in [5, 5.41) is 0.0231. The molecule has 0 amide bonds. The van der Waals surface area contributed by atoms with E-state index < -0.39 is 34.8 Å². The van der Waals surface area contributed by atoms with Gasteiger partial charge in [-0.3, -0.25) is 4.79 Å². The molecule has 40 heavy (non-hydrogen) atoms. The molecule has 0 unspecified atom stereocenters. The quantitative estimate of drug-likeness (QED) is 0.249. The minimum atomic E-state index is -4.81. The van der Waals surface area contributed by atoms with Crippen LogP contribution in [0.1, 0.15) is 11.1 Å². The lowest BCUT2D eigenvalue weighted by molar-refractivity contribution is -0.138. The maximum absolute atomic E-state index is 14.2. The first kappa shape index (κ1) is 25.2. The number of pyridine rings is 1. The smallest absolute Gasteiger partial charge is 0.421 e. The third-order valence-electron chi connectivity index (χ3n) is 6.21. The Morgan fingerprint density at radius 2 is 1.77 bits per heavy atom. The molecule has 3 heterocycles. The van der Waals surface area contributed by atoms with E-state index in [1.165, 1.54) is 41.4 Å². The third kappa shape index (κ3) is 4.75. The van der Waals surface area contributed by atoms with Gasteiger partial charge in [-0.1, -0.05) is 18.2 Å². The number of alkyl halides is 3. The van der Waals surface area contributed by atoms with E-state index in [1.807, 2.05) is 0 Å². The molecule has 0 aliphatic heterocycles. The van der Waals surface area contributed by atoms with Crippen LogP contribution in [0.3, 0.4) is 0 Å². The summed E-state index contributed by atoms with van der Waals surface area (Å²) in [5.74, 6) is -2.11. The van der Waals surface area contributed by atoms with Gasteiger partial charge in [0.2, 0.25) is 5.88 Å². The highest BCUT2D eigenvalue weighted by Gasteiger charge is 2.36. The van der Waals surface area contributed by atoms with E-state index in [0.717, 1.165) is 18.2 Å². The van der Waals surface area contributed by atoms with Crippen LogP contribution in [-0.2, 0) is 12.7 Å². The Labute approximate surface area is 221 Å². The van der Waals surface area contributed by atoms with Gasteiger partial charge in [-0.25, -0.2) is 18.7 Å². The fourth-order valence-corrected chi connectivity index (χ4v) is 4.28. The first-order chi connectivity index (χ1) is 19.2. The molecule has 0 saturated carbocycles. The molecule has 3 aromatic carbocycles. The number of aromatic nitrogens is 5. The molecule has 0 saturated heterocycles. The van der Waals surface area contributed by atoms with Crippen molar-refractivity contribution in [1.29, 1.82) is 0 Å². The van der Waals surface area contributed by atoms with E-state index in [4.69, 9.17) is 4.74 Å². The van der Waals surface area contributed by atoms with E-state index in [9.17, 15) is 26.7 Å². The Kier molecular flexibility index (Phi) is 6.01. The Morgan fingerprint density at radius 3 is 2.55 bits per heavy atom. The second-order valence-electron chi connectivity index (χ2n) is 8.87. The second kappa shape index (κ2) is 9.56. The standard InChI is InChI=1S/C28H16F5N5O2/c29-17-6-5-15(21(30)10-17)13-38-14-35-26(39)19-11-18(7-8-24(19)38)40-27-20(28(31,32)33)9-16(12-34-27)25-36-22-3-1-2-4-23(22)37-25/h1-12,14H,13H2,(H,36,37). The molecule has 6 rings (SSSR count). The number of hydrogen-bond acceptors (Lipinski definition) is 5. The van der Waals surface area contributed by atoms with Crippen LogP contribution in [0.25, 0.3) is 33.3 Å². The summed E-state index contributed by atoms with van der Waals surface area (Å²) in [4.78, 5) is 27.5. The summed E-state index contributed by atoms with van der Waals surface area (Å²) in [7, 11) is 0. The number of halogens is 5. The molecule has 7 nitrogen and oxygen atoms in total. The predicted octanol–water partition coefficient (Wildman–Crippen LogP) is 6.47. The van der Waals surface area contributed by atoms with Crippen LogP contribution in [-0.4, -0.2) is 24.5 Å². The lowest BCUT2D eigenvalue weighted by Crippen LogP contribution is -2.14. The molecule has 0 spiro atoms. The van der Waals surface area contributed by atoms with Crippen LogP contribution in [0.4, 0.5) is 22.0 Å². The lowest BCUT2D eigenvalue weighted by atomic mass is 10.1. The topological polar surface area (TPSA) is 85.7 Å². The Bertz CT molecular complexity index is 1930. The van der Waals surface area contributed by atoms with Gasteiger partial charge in [-0.15, -0.1) is 0 Å². The van der Waals surface area contributed by atoms with Crippen molar-refractivity contribution < 1.29 is 26.7 Å². The van der Waals surface area contributed by atoms with Crippen molar-refractivity contribution in [2.45, 2.75) is 12.7 Å². The monoisotopic (exact) mass is 549 g/mol. The normalized spacial score (nSPS) is 11.8. The van der Waals surface area contributed by atoms with Gasteiger partial charge in [-0.2, -0.15) is 18.2 Å². The third-order valence-corrected chi connectivity index (χ3v) is 6.21. The van der Waals surface area contributed by atoms with Crippen LogP contribution in [0.15, 0.2) is 84.0 Å². The van der Waals surface area contributed by atoms with Crippen molar-refractivity contribution in [2.24, 2.45) is 0 Å². The minimum Gasteiger partial charge on any atom is -0.438 e. The highest BCUT2D eigenvalue weighted by atomic mass is 19.4. The summed E-state index contributed by atoms with van der Waals surface area (Å²) in [6.45, 7) is -0.0703. The predicted molar refractivity (Wildman–Crippen MR) is 136 cm³/mol. The van der Waals surface area contributed by atoms with Gasteiger partial charge in [-0.05, 0) is 42.5 Å². The first-order valence-electron chi connectivity index (χ1n) is 11.8. The average Bonchev–Trinajstić information content (AvgIpc) is 3.36. The maximum Gasteiger partial charge on any atom is 0.421 e. The molecule has 3 aromatic heterocycles. The first-order valence-corrected chi connectivity index (χ1v) is 11.8. The number of benzene rings is 3. The van der Waals surface area contributed by atoms with Crippen LogP contribution in [0.2, 0.25) is 0 Å². The van der Waals surface area contributed by atoms with Gasteiger partial charge in [0, 0.05) is 23.4 Å². The molecule has 0 fully saturated rings. The summed E-state index contributed by atoms with van der Waals surface area (Å²) >= 11 is 0. The van der Waals surface area contributed by atoms with Gasteiger partial charge in [0.05, 0.1) is 34.8 Å². The molecule has 0 bridgehead atoms. The number of hydrogen-bond donors (Lipinski definition) is 1. The molecule has 0 aliphatic rings. The largest absolute Gasteiger partial charge is 0.438 e. The fourth-order valence-electron chi connectivity index (χ4n) is 4.28. The number of rotatable bonds is 5. The summed E-state index contributed by atoms with van der Waals surface area (Å²) in [6.07, 6.45) is -2.40. The van der Waals surface area contributed by atoms with Gasteiger partial charge < -0.3 is 14.3 Å². The zero-order valence-electron chi connectivity index (χ0n) is 20.2. The average molecular weight is 549 g/mol. The zero-order chi connectivity index (χ0) is 28.0. The number of nitrogens with zero attached hydrogens (tertiary/aromatic N) is 4. The second-order valence-corrected chi connectivity index (χ2v) is 8.87. The fraction of sp³-hybridized carbons (Fsp3) is 0.0714. The number of fused-ring (bicyclic) bond motifs is 2. The van der Waals surface area contributed by atoms with Crippen molar-refractivity contribution in [3.8, 4) is 23.0 Å². The van der Waals surface area contributed by atoms with Gasteiger partial charge in [0.15, 0.2) is 0 Å². The molecule has 1 N–H and O–H groups in total. The molecule has 0 aliphatic carbocycles. The van der Waals surface area contributed by atoms with Crippen LogP contribution in [0, 0.1) is 11.6 Å². The number of imidazole rings is 1. The SMILES string of the molecule is O=c1ncn(Cc2ccc(F)cc2F)c2ccc(Oc3ncc(-c4nc5ccccc5[nH]4)cc3C(F)(F)F)cc12. The molecule has 6 aromatic rings. The summed E-state index contributed by atoms with van der Waals surface area (Å²) < 4.78 is 76.5. The molecular formula is C28H16F5N5O2. The minimum absolute atomic E-state index is 0.0231. The van der Waals surface area contributed by atoms with Crippen molar-refractivity contribution in [3.05, 3.63) is 112 Å². The number of nitrogens with one attached hydrogen (secondary N) is 1. The number of aromatic amines is 1. The zero-order valence-corrected chi connectivity index (χ0v) is 20.2. The van der Waals surface area contributed by atoms with E-state index in [2.05, 4.69) is 19.9 Å². The Hall–Kier alpha value is -5.13. The highest BCUT2D eigenvalue weighted by molar-refractivity contribution is 5.80. The molecule has 0 atom stereocenters. The lowest BCUT2D eigenvalue weighted by Gasteiger charge is -2.15. The molecule has 12 heteroatoms. The van der Waals surface area contributed by atoms with E-state index in [0.29, 0.717) is 16.6 Å². The highest BCUT2D eigenvalue weighted by Crippen LogP contribution is 2.39. The number of H-pyrrole nitrogens is 1. The Balaban J connectivity index is 1.36. The van der Waals surface area contributed by atoms with Gasteiger partial charge >= 0.3 is 6.18 Å². The van der Waals surface area contributed by atoms with Crippen molar-refractivity contribution in [2.75, 3.05) is 0 Å². The van der Waals surface area contributed by atoms with Crippen molar-refractivity contribution in [1.82, 2.24) is 24.5 Å². The van der Waals surface area contributed by atoms with E-state index in [-0.39, 0.29) is 34.6 Å².